The molecule has 0 fully saturated rings. The van der Waals surface area contributed by atoms with Crippen molar-refractivity contribution < 1.29 is 8.42 Å². The molecule has 0 saturated heterocycles. The van der Waals surface area contributed by atoms with Crippen LogP contribution in [0.25, 0.3) is 0 Å². The van der Waals surface area contributed by atoms with Crippen molar-refractivity contribution >= 4 is 43.2 Å². The molecule has 0 aliphatic carbocycles. The molecule has 2 aromatic rings. The third kappa shape index (κ3) is 4.20. The average molecular weight is 390 g/mol. The molecule has 0 aromatic heterocycles. The van der Waals surface area contributed by atoms with Crippen LogP contribution in [0.4, 0.5) is 5.69 Å². The van der Waals surface area contributed by atoms with Crippen molar-refractivity contribution in [2.45, 2.75) is 18.4 Å². The van der Waals surface area contributed by atoms with Gasteiger partial charge in [-0.2, -0.15) is 0 Å². The van der Waals surface area contributed by atoms with Crippen molar-refractivity contribution in [3.63, 3.8) is 0 Å². The van der Waals surface area contributed by atoms with E-state index in [1.165, 1.54) is 18.2 Å². The molecule has 0 radical (unpaired) electrons. The standard InChI is InChI=1S/C14H14BrClN2O2S/c1-9-2-3-10(6-12(9)15)8-18-14-7-11(21(17,19)20)4-5-13(14)16/h2-7,18H,8H2,1H3,(H2,17,19,20). The van der Waals surface area contributed by atoms with Gasteiger partial charge in [-0.15, -0.1) is 0 Å². The Labute approximate surface area is 137 Å². The summed E-state index contributed by atoms with van der Waals surface area (Å²) >= 11 is 9.54. The van der Waals surface area contributed by atoms with Crippen LogP contribution in [-0.4, -0.2) is 8.42 Å². The van der Waals surface area contributed by atoms with Gasteiger partial charge in [-0.05, 0) is 42.3 Å². The lowest BCUT2D eigenvalue weighted by atomic mass is 10.1. The van der Waals surface area contributed by atoms with Gasteiger partial charge in [0.05, 0.1) is 15.6 Å². The van der Waals surface area contributed by atoms with E-state index in [0.29, 0.717) is 17.3 Å². The summed E-state index contributed by atoms with van der Waals surface area (Å²) in [6.45, 7) is 2.53. The quantitative estimate of drug-likeness (QED) is 0.838. The molecule has 112 valence electrons. The summed E-state index contributed by atoms with van der Waals surface area (Å²) in [5, 5.41) is 8.67. The van der Waals surface area contributed by atoms with Crippen LogP contribution in [0, 0.1) is 6.92 Å². The number of anilines is 1. The highest BCUT2D eigenvalue weighted by molar-refractivity contribution is 9.10. The van der Waals surface area contributed by atoms with Crippen LogP contribution >= 0.6 is 27.5 Å². The number of sulfonamides is 1. The summed E-state index contributed by atoms with van der Waals surface area (Å²) in [6.07, 6.45) is 0. The maximum Gasteiger partial charge on any atom is 0.238 e. The van der Waals surface area contributed by atoms with Crippen LogP contribution < -0.4 is 10.5 Å². The van der Waals surface area contributed by atoms with E-state index in [2.05, 4.69) is 21.2 Å². The van der Waals surface area contributed by atoms with E-state index in [4.69, 9.17) is 16.7 Å². The predicted octanol–water partition coefficient (Wildman–Crippen LogP) is 3.67. The zero-order chi connectivity index (χ0) is 15.6. The minimum Gasteiger partial charge on any atom is -0.380 e. The van der Waals surface area contributed by atoms with Crippen molar-refractivity contribution in [3.05, 3.63) is 57.0 Å². The van der Waals surface area contributed by atoms with Gasteiger partial charge >= 0.3 is 0 Å². The van der Waals surface area contributed by atoms with Crippen LogP contribution in [0.2, 0.25) is 5.02 Å². The largest absolute Gasteiger partial charge is 0.380 e. The van der Waals surface area contributed by atoms with Gasteiger partial charge in [0.25, 0.3) is 0 Å². The van der Waals surface area contributed by atoms with Gasteiger partial charge in [0.1, 0.15) is 0 Å². The van der Waals surface area contributed by atoms with Gasteiger partial charge in [-0.25, -0.2) is 13.6 Å². The zero-order valence-electron chi connectivity index (χ0n) is 11.2. The van der Waals surface area contributed by atoms with Crippen molar-refractivity contribution in [3.8, 4) is 0 Å². The van der Waals surface area contributed by atoms with E-state index in [1.54, 1.807) is 0 Å². The first-order chi connectivity index (χ1) is 9.77. The number of hydrogen-bond donors (Lipinski definition) is 2. The Kier molecular flexibility index (Phi) is 4.93. The van der Waals surface area contributed by atoms with Crippen molar-refractivity contribution in [2.75, 3.05) is 5.32 Å². The number of nitrogens with two attached hydrogens (primary N) is 1. The Morgan fingerprint density at radius 3 is 2.57 bits per heavy atom. The highest BCUT2D eigenvalue weighted by atomic mass is 79.9. The van der Waals surface area contributed by atoms with Crippen molar-refractivity contribution in [1.82, 2.24) is 0 Å². The Bertz CT molecular complexity index is 779. The van der Waals surface area contributed by atoms with E-state index in [1.807, 2.05) is 25.1 Å². The molecular formula is C14H14BrClN2O2S. The van der Waals surface area contributed by atoms with Crippen LogP contribution in [-0.2, 0) is 16.6 Å². The summed E-state index contributed by atoms with van der Waals surface area (Å²) in [4.78, 5) is 0.0273. The number of hydrogen-bond acceptors (Lipinski definition) is 3. The summed E-state index contributed by atoms with van der Waals surface area (Å²) in [5.74, 6) is 0. The van der Waals surface area contributed by atoms with Gasteiger partial charge in [0, 0.05) is 11.0 Å². The summed E-state index contributed by atoms with van der Waals surface area (Å²) < 4.78 is 23.7. The molecule has 0 atom stereocenters. The smallest absolute Gasteiger partial charge is 0.238 e. The molecule has 0 spiro atoms. The minimum absolute atomic E-state index is 0.0273. The first-order valence-electron chi connectivity index (χ1n) is 6.08. The van der Waals surface area contributed by atoms with Crippen LogP contribution in [0.15, 0.2) is 45.8 Å². The molecule has 21 heavy (non-hydrogen) atoms. The molecular weight excluding hydrogens is 376 g/mol. The lowest BCUT2D eigenvalue weighted by Gasteiger charge is -2.11. The number of rotatable bonds is 4. The molecule has 0 aliphatic rings. The summed E-state index contributed by atoms with van der Waals surface area (Å²) in [7, 11) is -3.74. The van der Waals surface area contributed by atoms with Gasteiger partial charge < -0.3 is 5.32 Å². The maximum absolute atomic E-state index is 11.4. The summed E-state index contributed by atoms with van der Waals surface area (Å²) in [5.41, 5.74) is 2.72. The highest BCUT2D eigenvalue weighted by Gasteiger charge is 2.10. The second-order valence-corrected chi connectivity index (χ2v) is 7.45. The Hall–Kier alpha value is -1.08. The zero-order valence-corrected chi connectivity index (χ0v) is 14.4. The van der Waals surface area contributed by atoms with E-state index in [-0.39, 0.29) is 4.90 Å². The molecule has 2 aromatic carbocycles. The molecule has 4 nitrogen and oxygen atoms in total. The molecule has 0 aliphatic heterocycles. The Morgan fingerprint density at radius 1 is 1.24 bits per heavy atom. The normalized spacial score (nSPS) is 11.4. The fraction of sp³-hybridized carbons (Fsp3) is 0.143. The maximum atomic E-state index is 11.4. The fourth-order valence-corrected chi connectivity index (χ4v) is 2.91. The highest BCUT2D eigenvalue weighted by Crippen LogP contribution is 2.26. The second-order valence-electron chi connectivity index (χ2n) is 4.62. The first kappa shape index (κ1) is 16.3. The SMILES string of the molecule is Cc1ccc(CNc2cc(S(N)(=O)=O)ccc2Cl)cc1Br. The van der Waals surface area contributed by atoms with Crippen molar-refractivity contribution in [1.29, 1.82) is 0 Å². The molecule has 7 heteroatoms. The predicted molar refractivity (Wildman–Crippen MR) is 89.0 cm³/mol. The van der Waals surface area contributed by atoms with Crippen LogP contribution in [0.5, 0.6) is 0 Å². The molecule has 2 rings (SSSR count). The molecule has 0 amide bonds. The van der Waals surface area contributed by atoms with E-state index >= 15 is 0 Å². The molecule has 0 saturated carbocycles. The second kappa shape index (κ2) is 6.36. The van der Waals surface area contributed by atoms with Crippen LogP contribution in [0.1, 0.15) is 11.1 Å². The number of primary sulfonamides is 1. The third-order valence-corrected chi connectivity index (χ3v) is 5.08. The molecule has 3 N–H and O–H groups in total. The van der Waals surface area contributed by atoms with E-state index in [9.17, 15) is 8.42 Å². The Morgan fingerprint density at radius 2 is 1.95 bits per heavy atom. The number of benzene rings is 2. The number of aryl methyl sites for hydroxylation is 1. The third-order valence-electron chi connectivity index (χ3n) is 2.99. The van der Waals surface area contributed by atoms with E-state index < -0.39 is 10.0 Å². The van der Waals surface area contributed by atoms with Gasteiger partial charge in [0.2, 0.25) is 10.0 Å². The van der Waals surface area contributed by atoms with Crippen LogP contribution in [0.3, 0.4) is 0 Å². The molecule has 0 bridgehead atoms. The Balaban J connectivity index is 2.21. The number of nitrogens with one attached hydrogen (secondary N) is 1. The van der Waals surface area contributed by atoms with Gasteiger partial charge in [-0.1, -0.05) is 39.7 Å². The van der Waals surface area contributed by atoms with Gasteiger partial charge in [-0.3, -0.25) is 0 Å². The molecule has 0 unspecified atom stereocenters. The van der Waals surface area contributed by atoms with Crippen molar-refractivity contribution in [2.24, 2.45) is 5.14 Å². The monoisotopic (exact) mass is 388 g/mol. The molecule has 0 heterocycles. The van der Waals surface area contributed by atoms with E-state index in [0.717, 1.165) is 15.6 Å². The topological polar surface area (TPSA) is 72.2 Å². The number of halogens is 2. The fourth-order valence-electron chi connectivity index (χ4n) is 1.76. The lowest BCUT2D eigenvalue weighted by molar-refractivity contribution is 0.598. The van der Waals surface area contributed by atoms with Gasteiger partial charge in [0.15, 0.2) is 0 Å². The summed E-state index contributed by atoms with van der Waals surface area (Å²) in [6, 6.07) is 10.3. The minimum atomic E-state index is -3.74. The average Bonchev–Trinajstić information content (AvgIpc) is 2.40. The first-order valence-corrected chi connectivity index (χ1v) is 8.80. The lowest BCUT2D eigenvalue weighted by Crippen LogP contribution is -2.12.